The lowest BCUT2D eigenvalue weighted by atomic mass is 10.1. The number of sulfonamides is 1. The van der Waals surface area contributed by atoms with Gasteiger partial charge in [0.05, 0.1) is 17.8 Å². The Bertz CT molecular complexity index is 771. The van der Waals surface area contributed by atoms with Crippen LogP contribution in [0.2, 0.25) is 0 Å². The lowest BCUT2D eigenvalue weighted by molar-refractivity contribution is 0.0395. The van der Waals surface area contributed by atoms with Crippen molar-refractivity contribution < 1.29 is 22.7 Å². The van der Waals surface area contributed by atoms with Gasteiger partial charge in [0.1, 0.15) is 17.1 Å². The molecule has 0 bridgehead atoms. The van der Waals surface area contributed by atoms with Gasteiger partial charge in [0.15, 0.2) is 0 Å². The Morgan fingerprint density at radius 1 is 1.29 bits per heavy atom. The molecule has 0 aliphatic heterocycles. The first-order chi connectivity index (χ1) is 11.2. The average molecular weight is 353 g/mol. The van der Waals surface area contributed by atoms with Gasteiger partial charge in [-0.15, -0.1) is 0 Å². The highest BCUT2D eigenvalue weighted by Crippen LogP contribution is 2.27. The van der Waals surface area contributed by atoms with E-state index in [2.05, 4.69) is 4.72 Å². The van der Waals surface area contributed by atoms with E-state index < -0.39 is 15.6 Å². The molecule has 0 radical (unpaired) electrons. The van der Waals surface area contributed by atoms with Crippen molar-refractivity contribution in [1.29, 1.82) is 0 Å². The molecule has 132 valence electrons. The standard InChI is InChI=1S/C17H23NO5S/c1-5-22-16-12(2)9-14(10-13(16)3)24(20,21)18-11-17(4,19)15-7-6-8-23-15/h6-10,18-19H,5,11H2,1-4H3. The highest BCUT2D eigenvalue weighted by molar-refractivity contribution is 7.89. The zero-order valence-electron chi connectivity index (χ0n) is 14.3. The normalized spacial score (nSPS) is 14.4. The summed E-state index contributed by atoms with van der Waals surface area (Å²) in [4.78, 5) is 0.135. The maximum absolute atomic E-state index is 12.5. The Morgan fingerprint density at radius 2 is 1.92 bits per heavy atom. The fourth-order valence-electron chi connectivity index (χ4n) is 2.43. The minimum Gasteiger partial charge on any atom is -0.493 e. The molecule has 2 N–H and O–H groups in total. The molecule has 2 rings (SSSR count). The second kappa shape index (κ2) is 6.96. The molecule has 0 amide bonds. The molecule has 24 heavy (non-hydrogen) atoms. The molecular weight excluding hydrogens is 330 g/mol. The van der Waals surface area contributed by atoms with Crippen LogP contribution in [0.25, 0.3) is 0 Å². The van der Waals surface area contributed by atoms with E-state index in [0.29, 0.717) is 18.1 Å². The van der Waals surface area contributed by atoms with Crippen molar-refractivity contribution in [3.63, 3.8) is 0 Å². The van der Waals surface area contributed by atoms with Crippen LogP contribution < -0.4 is 9.46 Å². The number of aryl methyl sites for hydroxylation is 2. The Balaban J connectivity index is 2.22. The summed E-state index contributed by atoms with van der Waals surface area (Å²) in [5, 5.41) is 10.4. The summed E-state index contributed by atoms with van der Waals surface area (Å²) in [6.07, 6.45) is 1.43. The summed E-state index contributed by atoms with van der Waals surface area (Å²) in [5.41, 5.74) is 0.0522. The topological polar surface area (TPSA) is 88.8 Å². The molecule has 1 aromatic carbocycles. The molecule has 7 heteroatoms. The van der Waals surface area contributed by atoms with Crippen molar-refractivity contribution in [2.45, 2.75) is 38.2 Å². The molecule has 0 aliphatic carbocycles. The first-order valence-corrected chi connectivity index (χ1v) is 9.16. The van der Waals surface area contributed by atoms with E-state index in [0.717, 1.165) is 11.1 Å². The van der Waals surface area contributed by atoms with Crippen LogP contribution in [-0.4, -0.2) is 26.7 Å². The molecule has 1 heterocycles. The number of furan rings is 1. The van der Waals surface area contributed by atoms with E-state index in [1.807, 2.05) is 6.92 Å². The van der Waals surface area contributed by atoms with E-state index in [1.54, 1.807) is 38.1 Å². The molecule has 0 saturated carbocycles. The quantitative estimate of drug-likeness (QED) is 0.798. The van der Waals surface area contributed by atoms with Crippen molar-refractivity contribution in [1.82, 2.24) is 4.72 Å². The van der Waals surface area contributed by atoms with Crippen molar-refractivity contribution in [3.8, 4) is 5.75 Å². The summed E-state index contributed by atoms with van der Waals surface area (Å²) in [5.74, 6) is 0.989. The van der Waals surface area contributed by atoms with Gasteiger partial charge >= 0.3 is 0 Å². The summed E-state index contributed by atoms with van der Waals surface area (Å²) in [6.45, 7) is 7.28. The maximum Gasteiger partial charge on any atom is 0.240 e. The summed E-state index contributed by atoms with van der Waals surface area (Å²) >= 11 is 0. The molecule has 1 unspecified atom stereocenters. The number of rotatable bonds is 7. The van der Waals surface area contributed by atoms with E-state index >= 15 is 0 Å². The number of hydrogen-bond acceptors (Lipinski definition) is 5. The second-order valence-corrected chi connectivity index (χ2v) is 7.66. The van der Waals surface area contributed by atoms with Crippen molar-refractivity contribution in [2.24, 2.45) is 0 Å². The van der Waals surface area contributed by atoms with Gasteiger partial charge in [-0.05, 0) is 63.1 Å². The lowest BCUT2D eigenvalue weighted by Crippen LogP contribution is -2.38. The van der Waals surface area contributed by atoms with Gasteiger partial charge in [-0.2, -0.15) is 0 Å². The minimum absolute atomic E-state index is 0.135. The monoisotopic (exact) mass is 353 g/mol. The van der Waals surface area contributed by atoms with Gasteiger partial charge in [-0.1, -0.05) is 0 Å². The van der Waals surface area contributed by atoms with Crippen LogP contribution in [0.3, 0.4) is 0 Å². The predicted molar refractivity (Wildman–Crippen MR) is 90.6 cm³/mol. The Labute approximate surface area is 142 Å². The van der Waals surface area contributed by atoms with Crippen LogP contribution in [-0.2, 0) is 15.6 Å². The summed E-state index contributed by atoms with van der Waals surface area (Å²) < 4.78 is 38.2. The Kier molecular flexibility index (Phi) is 5.37. The van der Waals surface area contributed by atoms with E-state index in [9.17, 15) is 13.5 Å². The number of benzene rings is 1. The number of aliphatic hydroxyl groups is 1. The SMILES string of the molecule is CCOc1c(C)cc(S(=O)(=O)NCC(C)(O)c2ccco2)cc1C. The van der Waals surface area contributed by atoms with Crippen LogP contribution in [0.4, 0.5) is 0 Å². The second-order valence-electron chi connectivity index (χ2n) is 5.89. The Hall–Kier alpha value is -1.83. The zero-order chi connectivity index (χ0) is 18.0. The van der Waals surface area contributed by atoms with Gasteiger partial charge in [-0.3, -0.25) is 0 Å². The first kappa shape index (κ1) is 18.5. The Morgan fingerprint density at radius 3 is 2.42 bits per heavy atom. The largest absolute Gasteiger partial charge is 0.493 e. The van der Waals surface area contributed by atoms with Crippen molar-refractivity contribution >= 4 is 10.0 Å². The van der Waals surface area contributed by atoms with Crippen molar-refractivity contribution in [3.05, 3.63) is 47.4 Å². The van der Waals surface area contributed by atoms with Crippen LogP contribution in [0, 0.1) is 13.8 Å². The van der Waals surface area contributed by atoms with Gasteiger partial charge in [0, 0.05) is 6.54 Å². The number of nitrogens with one attached hydrogen (secondary N) is 1. The van der Waals surface area contributed by atoms with Gasteiger partial charge in [0.25, 0.3) is 0 Å². The minimum atomic E-state index is -3.77. The van der Waals surface area contributed by atoms with Gasteiger partial charge in [-0.25, -0.2) is 13.1 Å². The molecule has 1 atom stereocenters. The molecule has 0 aliphatic rings. The lowest BCUT2D eigenvalue weighted by Gasteiger charge is -2.21. The number of hydrogen-bond donors (Lipinski definition) is 2. The zero-order valence-corrected chi connectivity index (χ0v) is 15.1. The third-order valence-electron chi connectivity index (χ3n) is 3.69. The fourth-order valence-corrected chi connectivity index (χ4v) is 3.73. The fraction of sp³-hybridized carbons (Fsp3) is 0.412. The summed E-state index contributed by atoms with van der Waals surface area (Å²) in [6, 6.07) is 6.35. The maximum atomic E-state index is 12.5. The molecular formula is C17H23NO5S. The molecule has 1 aromatic heterocycles. The van der Waals surface area contributed by atoms with Crippen LogP contribution >= 0.6 is 0 Å². The highest BCUT2D eigenvalue weighted by Gasteiger charge is 2.29. The predicted octanol–water partition coefficient (Wildman–Crippen LogP) is 2.48. The van der Waals surface area contributed by atoms with E-state index in [1.165, 1.54) is 13.2 Å². The average Bonchev–Trinajstić information content (AvgIpc) is 3.04. The van der Waals surface area contributed by atoms with E-state index in [4.69, 9.17) is 9.15 Å². The van der Waals surface area contributed by atoms with Crippen LogP contribution in [0.1, 0.15) is 30.7 Å². The summed E-state index contributed by atoms with van der Waals surface area (Å²) in [7, 11) is -3.77. The highest BCUT2D eigenvalue weighted by atomic mass is 32.2. The first-order valence-electron chi connectivity index (χ1n) is 7.67. The smallest absolute Gasteiger partial charge is 0.240 e. The molecule has 0 spiro atoms. The van der Waals surface area contributed by atoms with Crippen molar-refractivity contribution in [2.75, 3.05) is 13.2 Å². The third kappa shape index (κ3) is 3.98. The molecule has 0 saturated heterocycles. The van der Waals surface area contributed by atoms with Gasteiger partial charge < -0.3 is 14.3 Å². The van der Waals surface area contributed by atoms with Crippen LogP contribution in [0.15, 0.2) is 39.8 Å². The van der Waals surface area contributed by atoms with Crippen LogP contribution in [0.5, 0.6) is 5.75 Å². The third-order valence-corrected chi connectivity index (χ3v) is 5.07. The molecule has 2 aromatic rings. The number of ether oxygens (including phenoxy) is 1. The van der Waals surface area contributed by atoms with E-state index in [-0.39, 0.29) is 11.4 Å². The van der Waals surface area contributed by atoms with Gasteiger partial charge in [0.2, 0.25) is 10.0 Å². The molecule has 6 nitrogen and oxygen atoms in total. The molecule has 0 fully saturated rings.